The van der Waals surface area contributed by atoms with E-state index in [9.17, 15) is 4.79 Å². The first kappa shape index (κ1) is 8.66. The fraction of sp³-hybridized carbons (Fsp3) is 0.100. The molecule has 0 saturated heterocycles. The van der Waals surface area contributed by atoms with E-state index in [0.29, 0.717) is 0 Å². The average Bonchev–Trinajstić information content (AvgIpc) is 2.71. The maximum absolute atomic E-state index is 10.5. The fourth-order valence-electron chi connectivity index (χ4n) is 1.12. The third-order valence-corrected chi connectivity index (χ3v) is 3.93. The van der Waals surface area contributed by atoms with E-state index in [1.807, 2.05) is 12.1 Å². The highest BCUT2D eigenvalue weighted by Gasteiger charge is 2.03. The molecule has 1 nitrogen and oxygen atoms in total. The van der Waals surface area contributed by atoms with Gasteiger partial charge in [-0.25, -0.2) is 0 Å². The minimum Gasteiger partial charge on any atom is -0.297 e. The van der Waals surface area contributed by atoms with Crippen LogP contribution in [0.3, 0.4) is 0 Å². The number of aryl methyl sites for hydroxylation is 1. The molecule has 0 bridgehead atoms. The van der Waals surface area contributed by atoms with Crippen molar-refractivity contribution in [3.63, 3.8) is 0 Å². The highest BCUT2D eigenvalue weighted by Crippen LogP contribution is 2.32. The maximum Gasteiger partial charge on any atom is 0.160 e. The lowest BCUT2D eigenvalue weighted by Crippen LogP contribution is -1.62. The van der Waals surface area contributed by atoms with Gasteiger partial charge >= 0.3 is 0 Å². The summed E-state index contributed by atoms with van der Waals surface area (Å²) in [4.78, 5) is 15.0. The SMILES string of the molecule is Cc1ccc(-c2ccc(C=O)s2)s1. The maximum atomic E-state index is 10.5. The molecule has 2 aromatic rings. The largest absolute Gasteiger partial charge is 0.297 e. The third-order valence-electron chi connectivity index (χ3n) is 1.73. The average molecular weight is 208 g/mol. The van der Waals surface area contributed by atoms with Crippen LogP contribution in [0.4, 0.5) is 0 Å². The van der Waals surface area contributed by atoms with E-state index in [-0.39, 0.29) is 0 Å². The number of hydrogen-bond donors (Lipinski definition) is 0. The Labute approximate surface area is 84.7 Å². The van der Waals surface area contributed by atoms with Gasteiger partial charge in [0, 0.05) is 14.6 Å². The third kappa shape index (κ3) is 1.71. The summed E-state index contributed by atoms with van der Waals surface area (Å²) in [5.74, 6) is 0. The normalized spacial score (nSPS) is 10.2. The minimum atomic E-state index is 0.793. The molecule has 0 aliphatic carbocycles. The zero-order valence-electron chi connectivity index (χ0n) is 7.11. The summed E-state index contributed by atoms with van der Waals surface area (Å²) in [6.07, 6.45) is 0.897. The van der Waals surface area contributed by atoms with E-state index in [0.717, 1.165) is 11.2 Å². The first-order valence-corrected chi connectivity index (χ1v) is 5.55. The van der Waals surface area contributed by atoms with Gasteiger partial charge in [-0.3, -0.25) is 4.79 Å². The summed E-state index contributed by atoms with van der Waals surface area (Å²) < 4.78 is 0. The van der Waals surface area contributed by atoms with Crippen LogP contribution in [-0.2, 0) is 0 Å². The second-order valence-electron chi connectivity index (χ2n) is 2.73. The molecule has 66 valence electrons. The second kappa shape index (κ2) is 3.44. The molecule has 0 radical (unpaired) electrons. The summed E-state index contributed by atoms with van der Waals surface area (Å²) >= 11 is 3.30. The first-order valence-electron chi connectivity index (χ1n) is 3.91. The molecule has 2 aromatic heterocycles. The quantitative estimate of drug-likeness (QED) is 0.689. The predicted molar refractivity (Wildman–Crippen MR) is 57.8 cm³/mol. The second-order valence-corrected chi connectivity index (χ2v) is 5.13. The van der Waals surface area contributed by atoms with Crippen molar-refractivity contribution in [1.29, 1.82) is 0 Å². The number of carbonyl (C=O) groups excluding carboxylic acids is 1. The summed E-state index contributed by atoms with van der Waals surface area (Å²) in [5.41, 5.74) is 0. The number of thiophene rings is 2. The lowest BCUT2D eigenvalue weighted by atomic mass is 10.3. The van der Waals surface area contributed by atoms with Crippen LogP contribution in [0.2, 0.25) is 0 Å². The molecule has 0 saturated carbocycles. The Morgan fingerprint density at radius 3 is 2.31 bits per heavy atom. The molecule has 0 aromatic carbocycles. The molecule has 0 spiro atoms. The number of carbonyl (C=O) groups is 1. The van der Waals surface area contributed by atoms with Crippen molar-refractivity contribution >= 4 is 29.0 Å². The molecule has 0 unspecified atom stereocenters. The Kier molecular flexibility index (Phi) is 2.29. The number of hydrogen-bond acceptors (Lipinski definition) is 3. The van der Waals surface area contributed by atoms with Crippen molar-refractivity contribution in [2.45, 2.75) is 6.92 Å². The molecule has 0 aliphatic heterocycles. The van der Waals surface area contributed by atoms with Crippen LogP contribution < -0.4 is 0 Å². The van der Waals surface area contributed by atoms with Gasteiger partial charge in [0.1, 0.15) is 0 Å². The Morgan fingerprint density at radius 1 is 1.08 bits per heavy atom. The van der Waals surface area contributed by atoms with E-state index in [4.69, 9.17) is 0 Å². The predicted octanol–water partition coefficient (Wildman–Crippen LogP) is 3.60. The topological polar surface area (TPSA) is 17.1 Å². The van der Waals surface area contributed by atoms with Crippen molar-refractivity contribution < 1.29 is 4.79 Å². The molecule has 2 rings (SSSR count). The van der Waals surface area contributed by atoms with Crippen LogP contribution in [0.25, 0.3) is 9.75 Å². The lowest BCUT2D eigenvalue weighted by molar-refractivity contribution is 0.112. The fourth-order valence-corrected chi connectivity index (χ4v) is 2.90. The number of aldehydes is 1. The summed E-state index contributed by atoms with van der Waals surface area (Å²) in [7, 11) is 0. The van der Waals surface area contributed by atoms with E-state index in [2.05, 4.69) is 19.1 Å². The van der Waals surface area contributed by atoms with Crippen LogP contribution in [0.15, 0.2) is 24.3 Å². The molecule has 0 atom stereocenters. The van der Waals surface area contributed by atoms with Crippen molar-refractivity contribution in [1.82, 2.24) is 0 Å². The monoisotopic (exact) mass is 208 g/mol. The summed E-state index contributed by atoms with van der Waals surface area (Å²) in [6, 6.07) is 8.06. The molecular weight excluding hydrogens is 200 g/mol. The highest BCUT2D eigenvalue weighted by molar-refractivity contribution is 7.22. The molecule has 3 heteroatoms. The van der Waals surface area contributed by atoms with Crippen molar-refractivity contribution in [3.8, 4) is 9.75 Å². The van der Waals surface area contributed by atoms with Gasteiger partial charge in [-0.2, -0.15) is 0 Å². The van der Waals surface area contributed by atoms with Gasteiger partial charge in [0.25, 0.3) is 0 Å². The molecular formula is C10H8OS2. The molecule has 0 amide bonds. The van der Waals surface area contributed by atoms with E-state index >= 15 is 0 Å². The Balaban J connectivity index is 2.40. The first-order chi connectivity index (χ1) is 6.29. The van der Waals surface area contributed by atoms with Crippen molar-refractivity contribution in [2.24, 2.45) is 0 Å². The van der Waals surface area contributed by atoms with Gasteiger partial charge in [-0.1, -0.05) is 0 Å². The molecule has 0 fully saturated rings. The molecule has 0 aliphatic rings. The van der Waals surface area contributed by atoms with Gasteiger partial charge in [-0.05, 0) is 31.2 Å². The van der Waals surface area contributed by atoms with Crippen molar-refractivity contribution in [3.05, 3.63) is 34.0 Å². The summed E-state index contributed by atoms with van der Waals surface area (Å²) in [5, 5.41) is 0. The highest BCUT2D eigenvalue weighted by atomic mass is 32.1. The molecule has 2 heterocycles. The van der Waals surface area contributed by atoms with Crippen LogP contribution >= 0.6 is 22.7 Å². The Bertz CT molecular complexity index is 426. The van der Waals surface area contributed by atoms with Gasteiger partial charge in [0.05, 0.1) is 4.88 Å². The van der Waals surface area contributed by atoms with Crippen LogP contribution in [0, 0.1) is 6.92 Å². The molecule has 13 heavy (non-hydrogen) atoms. The van der Waals surface area contributed by atoms with E-state index in [1.165, 1.54) is 14.6 Å². The van der Waals surface area contributed by atoms with Crippen LogP contribution in [0.5, 0.6) is 0 Å². The van der Waals surface area contributed by atoms with Gasteiger partial charge in [0.15, 0.2) is 6.29 Å². The minimum absolute atomic E-state index is 0.793. The van der Waals surface area contributed by atoms with Gasteiger partial charge < -0.3 is 0 Å². The zero-order valence-corrected chi connectivity index (χ0v) is 8.74. The number of rotatable bonds is 2. The molecule has 0 N–H and O–H groups in total. The summed E-state index contributed by atoms with van der Waals surface area (Å²) in [6.45, 7) is 2.09. The van der Waals surface area contributed by atoms with Crippen LogP contribution in [0.1, 0.15) is 14.5 Å². The van der Waals surface area contributed by atoms with E-state index < -0.39 is 0 Å². The van der Waals surface area contributed by atoms with Gasteiger partial charge in [-0.15, -0.1) is 22.7 Å². The standard InChI is InChI=1S/C10H8OS2/c1-7-2-4-9(12-7)10-5-3-8(6-11)13-10/h2-6H,1H3. The smallest absolute Gasteiger partial charge is 0.160 e. The van der Waals surface area contributed by atoms with Crippen molar-refractivity contribution in [2.75, 3.05) is 0 Å². The van der Waals surface area contributed by atoms with Gasteiger partial charge in [0.2, 0.25) is 0 Å². The zero-order chi connectivity index (χ0) is 9.26. The Morgan fingerprint density at radius 2 is 1.77 bits per heavy atom. The van der Waals surface area contributed by atoms with E-state index in [1.54, 1.807) is 22.7 Å². The van der Waals surface area contributed by atoms with Crippen LogP contribution in [-0.4, -0.2) is 6.29 Å². The lowest BCUT2D eigenvalue weighted by Gasteiger charge is -1.86. The Hall–Kier alpha value is -0.930.